The standard InChI is InChI=1S/C25H18N6O2S/c26-24-23(34(32,33)17-8-2-1-3-9-17)22-25(30-21-13-7-6-12-20(21)29-22)31(24)28-15-16-14-27-19-11-5-4-10-18(16)19/h1-15,27H,26H2/b28-15+. The van der Waals surface area contributed by atoms with Gasteiger partial charge in [0.05, 0.1) is 22.1 Å². The Bertz CT molecular complexity index is 1840. The summed E-state index contributed by atoms with van der Waals surface area (Å²) in [5.74, 6) is -0.0507. The fraction of sp³-hybridized carbons (Fsp3) is 0. The molecular formula is C25H18N6O2S. The van der Waals surface area contributed by atoms with Crippen molar-refractivity contribution in [2.24, 2.45) is 5.10 Å². The van der Waals surface area contributed by atoms with Crippen molar-refractivity contribution < 1.29 is 8.42 Å². The van der Waals surface area contributed by atoms with E-state index in [1.165, 1.54) is 16.8 Å². The van der Waals surface area contributed by atoms with Crippen LogP contribution in [0.1, 0.15) is 5.56 Å². The van der Waals surface area contributed by atoms with E-state index in [2.05, 4.69) is 20.1 Å². The zero-order chi connectivity index (χ0) is 23.3. The van der Waals surface area contributed by atoms with E-state index in [9.17, 15) is 8.42 Å². The number of para-hydroxylation sites is 3. The monoisotopic (exact) mass is 466 g/mol. The molecule has 0 saturated carbocycles. The first kappa shape index (κ1) is 20.1. The average molecular weight is 467 g/mol. The zero-order valence-corrected chi connectivity index (χ0v) is 18.6. The quantitative estimate of drug-likeness (QED) is 0.374. The van der Waals surface area contributed by atoms with Crippen LogP contribution in [0.2, 0.25) is 0 Å². The lowest BCUT2D eigenvalue weighted by molar-refractivity contribution is 0.597. The Labute approximate surface area is 194 Å². The van der Waals surface area contributed by atoms with Gasteiger partial charge in [-0.2, -0.15) is 9.78 Å². The highest BCUT2D eigenvalue weighted by Crippen LogP contribution is 2.35. The number of nitrogens with one attached hydrogen (secondary N) is 1. The summed E-state index contributed by atoms with van der Waals surface area (Å²) >= 11 is 0. The van der Waals surface area contributed by atoms with Gasteiger partial charge in [0, 0.05) is 22.7 Å². The molecule has 0 saturated heterocycles. The van der Waals surface area contributed by atoms with Crippen molar-refractivity contribution >= 4 is 55.0 Å². The van der Waals surface area contributed by atoms with Gasteiger partial charge in [-0.1, -0.05) is 48.5 Å². The van der Waals surface area contributed by atoms with E-state index < -0.39 is 9.84 Å². The van der Waals surface area contributed by atoms with Gasteiger partial charge in [-0.3, -0.25) is 0 Å². The van der Waals surface area contributed by atoms with E-state index in [1.54, 1.807) is 30.5 Å². The number of nitrogens with two attached hydrogens (primary N) is 1. The van der Waals surface area contributed by atoms with Crippen molar-refractivity contribution in [1.29, 1.82) is 0 Å². The van der Waals surface area contributed by atoms with Gasteiger partial charge in [0.25, 0.3) is 0 Å². The molecule has 6 aromatic rings. The summed E-state index contributed by atoms with van der Waals surface area (Å²) in [5.41, 5.74) is 9.85. The summed E-state index contributed by atoms with van der Waals surface area (Å²) in [4.78, 5) is 12.5. The summed E-state index contributed by atoms with van der Waals surface area (Å²) in [6, 6.07) is 23.2. The topological polar surface area (TPSA) is 119 Å². The molecule has 0 atom stereocenters. The number of aromatic nitrogens is 4. The Morgan fingerprint density at radius 2 is 1.56 bits per heavy atom. The third-order valence-electron chi connectivity index (χ3n) is 5.68. The van der Waals surface area contributed by atoms with Crippen LogP contribution in [0, 0.1) is 0 Å². The van der Waals surface area contributed by atoms with Crippen molar-refractivity contribution in [1.82, 2.24) is 19.6 Å². The molecule has 0 fully saturated rings. The number of nitrogen functional groups attached to an aromatic ring is 1. The summed E-state index contributed by atoms with van der Waals surface area (Å²) in [5, 5.41) is 5.52. The fourth-order valence-electron chi connectivity index (χ4n) is 4.04. The molecule has 0 unspecified atom stereocenters. The highest BCUT2D eigenvalue weighted by atomic mass is 32.2. The highest BCUT2D eigenvalue weighted by Gasteiger charge is 2.30. The van der Waals surface area contributed by atoms with E-state index >= 15 is 0 Å². The summed E-state index contributed by atoms with van der Waals surface area (Å²) in [6.07, 6.45) is 3.46. The number of anilines is 1. The van der Waals surface area contributed by atoms with Crippen LogP contribution in [0.3, 0.4) is 0 Å². The summed E-state index contributed by atoms with van der Waals surface area (Å²) < 4.78 is 28.6. The lowest BCUT2D eigenvalue weighted by Gasteiger charge is -2.04. The Morgan fingerprint density at radius 1 is 0.882 bits per heavy atom. The minimum absolute atomic E-state index is 0.0507. The Balaban J connectivity index is 1.63. The number of hydrogen-bond acceptors (Lipinski definition) is 6. The molecule has 3 aromatic carbocycles. The van der Waals surface area contributed by atoms with Gasteiger partial charge >= 0.3 is 0 Å². The third kappa shape index (κ3) is 3.06. The fourth-order valence-corrected chi connectivity index (χ4v) is 5.55. The minimum Gasteiger partial charge on any atom is -0.382 e. The molecule has 0 amide bonds. The second-order valence-corrected chi connectivity index (χ2v) is 9.65. The van der Waals surface area contributed by atoms with Gasteiger partial charge < -0.3 is 10.7 Å². The van der Waals surface area contributed by atoms with E-state index in [0.717, 1.165) is 16.5 Å². The van der Waals surface area contributed by atoms with Crippen molar-refractivity contribution in [3.63, 3.8) is 0 Å². The van der Waals surface area contributed by atoms with Crippen molar-refractivity contribution in [3.05, 3.63) is 90.6 Å². The van der Waals surface area contributed by atoms with E-state index in [4.69, 9.17) is 5.73 Å². The van der Waals surface area contributed by atoms with E-state index in [1.807, 2.05) is 48.7 Å². The molecule has 34 heavy (non-hydrogen) atoms. The van der Waals surface area contributed by atoms with Crippen LogP contribution < -0.4 is 5.73 Å². The van der Waals surface area contributed by atoms with E-state index in [0.29, 0.717) is 11.0 Å². The predicted octanol–water partition coefficient (Wildman–Crippen LogP) is 4.36. The first-order chi connectivity index (χ1) is 16.5. The molecule has 3 aromatic heterocycles. The summed E-state index contributed by atoms with van der Waals surface area (Å²) in [7, 11) is -3.98. The van der Waals surface area contributed by atoms with Gasteiger partial charge in [-0.05, 0) is 30.3 Å². The van der Waals surface area contributed by atoms with Crippen LogP contribution in [-0.4, -0.2) is 34.3 Å². The number of fused-ring (bicyclic) bond motifs is 3. The Morgan fingerprint density at radius 3 is 2.35 bits per heavy atom. The SMILES string of the molecule is Nc1c(S(=O)(=O)c2ccccc2)c2nc3ccccc3nc2n1/N=C/c1c[nH]c2ccccc12. The summed E-state index contributed by atoms with van der Waals surface area (Å²) in [6.45, 7) is 0. The van der Waals surface area contributed by atoms with Crippen LogP contribution in [0.4, 0.5) is 5.82 Å². The number of rotatable bonds is 4. The molecule has 166 valence electrons. The molecule has 8 nitrogen and oxygen atoms in total. The lowest BCUT2D eigenvalue weighted by atomic mass is 10.2. The second kappa shape index (κ2) is 7.53. The van der Waals surface area contributed by atoms with Crippen molar-refractivity contribution in [2.75, 3.05) is 5.73 Å². The van der Waals surface area contributed by atoms with Gasteiger partial charge in [0.2, 0.25) is 9.84 Å². The first-order valence-corrected chi connectivity index (χ1v) is 12.0. The highest BCUT2D eigenvalue weighted by molar-refractivity contribution is 7.92. The van der Waals surface area contributed by atoms with Crippen LogP contribution in [0.15, 0.2) is 100.0 Å². The molecule has 0 bridgehead atoms. The number of nitrogens with zero attached hydrogens (tertiary/aromatic N) is 4. The molecule has 3 heterocycles. The largest absolute Gasteiger partial charge is 0.382 e. The average Bonchev–Trinajstić information content (AvgIpc) is 3.39. The van der Waals surface area contributed by atoms with Crippen LogP contribution >= 0.6 is 0 Å². The van der Waals surface area contributed by atoms with E-state index in [-0.39, 0.29) is 26.8 Å². The molecule has 0 radical (unpaired) electrons. The molecule has 3 N–H and O–H groups in total. The number of sulfone groups is 1. The minimum atomic E-state index is -3.98. The molecular weight excluding hydrogens is 448 g/mol. The van der Waals surface area contributed by atoms with Gasteiger partial charge in [0.15, 0.2) is 5.65 Å². The number of H-pyrrole nitrogens is 1. The molecule has 0 spiro atoms. The Kier molecular flexibility index (Phi) is 4.46. The third-order valence-corrected chi connectivity index (χ3v) is 7.52. The maximum atomic E-state index is 13.6. The maximum Gasteiger partial charge on any atom is 0.212 e. The molecule has 0 aliphatic heterocycles. The van der Waals surface area contributed by atoms with Gasteiger partial charge in [-0.15, -0.1) is 0 Å². The molecule has 6 rings (SSSR count). The molecule has 9 heteroatoms. The van der Waals surface area contributed by atoms with Crippen LogP contribution in [0.25, 0.3) is 33.1 Å². The van der Waals surface area contributed by atoms with Crippen molar-refractivity contribution in [2.45, 2.75) is 9.79 Å². The first-order valence-electron chi connectivity index (χ1n) is 10.5. The maximum absolute atomic E-state index is 13.6. The van der Waals surface area contributed by atoms with Crippen LogP contribution in [-0.2, 0) is 9.84 Å². The van der Waals surface area contributed by atoms with Crippen molar-refractivity contribution in [3.8, 4) is 0 Å². The normalized spacial score (nSPS) is 12.4. The molecule has 0 aliphatic rings. The predicted molar refractivity (Wildman–Crippen MR) is 133 cm³/mol. The zero-order valence-electron chi connectivity index (χ0n) is 17.8. The number of benzene rings is 3. The number of aromatic amines is 1. The molecule has 0 aliphatic carbocycles. The smallest absolute Gasteiger partial charge is 0.212 e. The number of hydrogen-bond donors (Lipinski definition) is 2. The van der Waals surface area contributed by atoms with Crippen LogP contribution in [0.5, 0.6) is 0 Å². The van der Waals surface area contributed by atoms with Gasteiger partial charge in [-0.25, -0.2) is 18.4 Å². The second-order valence-electron chi connectivity index (χ2n) is 7.76. The Hall–Kier alpha value is -4.50. The lowest BCUT2D eigenvalue weighted by Crippen LogP contribution is -2.06. The van der Waals surface area contributed by atoms with Gasteiger partial charge in [0.1, 0.15) is 16.2 Å².